The van der Waals surface area contributed by atoms with Crippen molar-refractivity contribution in [3.8, 4) is 0 Å². The molecule has 0 aliphatic heterocycles. The molecule has 0 bridgehead atoms. The molecule has 1 atom stereocenters. The molecule has 1 aromatic heterocycles. The molecule has 1 aromatic rings. The van der Waals surface area contributed by atoms with E-state index in [0.29, 0.717) is 0 Å². The van der Waals surface area contributed by atoms with Gasteiger partial charge in [-0.25, -0.2) is 13.2 Å². The minimum absolute atomic E-state index is 0.0926. The maximum Gasteiger partial charge on any atom is 0.342 e. The molecule has 0 saturated carbocycles. The van der Waals surface area contributed by atoms with Gasteiger partial charge in [0.15, 0.2) is 5.03 Å². The Morgan fingerprint density at radius 3 is 2.67 bits per heavy atom. The Morgan fingerprint density at radius 2 is 2.14 bits per heavy atom. The molecule has 0 aliphatic carbocycles. The molecule has 1 rings (SSSR count). The van der Waals surface area contributed by atoms with Crippen molar-refractivity contribution in [1.29, 1.82) is 0 Å². The first-order valence-corrected chi connectivity index (χ1v) is 7.55. The lowest BCUT2D eigenvalue weighted by Crippen LogP contribution is -2.34. The van der Waals surface area contributed by atoms with Crippen LogP contribution in [0.2, 0.25) is 0 Å². The number of carboxylic acids is 1. The zero-order chi connectivity index (χ0) is 16.2. The van der Waals surface area contributed by atoms with E-state index in [9.17, 15) is 18.0 Å². The summed E-state index contributed by atoms with van der Waals surface area (Å²) in [5.74, 6) is -2.82. The van der Waals surface area contributed by atoms with E-state index in [4.69, 9.17) is 9.84 Å². The van der Waals surface area contributed by atoms with E-state index >= 15 is 0 Å². The van der Waals surface area contributed by atoms with Gasteiger partial charge >= 0.3 is 11.9 Å². The lowest BCUT2D eigenvalue weighted by Gasteiger charge is -2.18. The molecule has 0 spiro atoms. The van der Waals surface area contributed by atoms with Gasteiger partial charge in [-0.15, -0.1) is 0 Å². The number of carboxylic acid groups (broad SMARTS) is 1. The summed E-state index contributed by atoms with van der Waals surface area (Å²) in [4.78, 5) is 22.5. The monoisotopic (exact) mass is 319 g/mol. The summed E-state index contributed by atoms with van der Waals surface area (Å²) in [6.07, 6.45) is 1.05. The highest BCUT2D eigenvalue weighted by atomic mass is 32.2. The maximum absolute atomic E-state index is 12.3. The fourth-order valence-electron chi connectivity index (χ4n) is 1.54. The molecular weight excluding hydrogens is 302 g/mol. The van der Waals surface area contributed by atoms with Crippen molar-refractivity contribution in [3.05, 3.63) is 11.8 Å². The van der Waals surface area contributed by atoms with Crippen molar-refractivity contribution in [2.45, 2.75) is 18.9 Å². The van der Waals surface area contributed by atoms with Gasteiger partial charge in [-0.1, -0.05) is 6.92 Å². The van der Waals surface area contributed by atoms with E-state index in [0.717, 1.165) is 10.5 Å². The number of aromatic nitrogens is 2. The number of hydrogen-bond acceptors (Lipinski definition) is 6. The van der Waals surface area contributed by atoms with Crippen LogP contribution in [0.25, 0.3) is 0 Å². The number of sulfonamides is 1. The zero-order valence-electron chi connectivity index (χ0n) is 11.9. The first kappa shape index (κ1) is 17.1. The van der Waals surface area contributed by atoms with Crippen LogP contribution in [0.4, 0.5) is 0 Å². The largest absolute Gasteiger partial charge is 0.481 e. The van der Waals surface area contributed by atoms with Crippen LogP contribution in [0.15, 0.2) is 11.2 Å². The molecular formula is C11H17N3O6S. The predicted octanol–water partition coefficient (Wildman–Crippen LogP) is -0.0724. The molecule has 0 aromatic carbocycles. The van der Waals surface area contributed by atoms with Crippen LogP contribution in [0.3, 0.4) is 0 Å². The highest BCUT2D eigenvalue weighted by Gasteiger charge is 2.31. The number of esters is 1. The minimum atomic E-state index is -4.07. The van der Waals surface area contributed by atoms with Crippen LogP contribution in [0.5, 0.6) is 0 Å². The number of ether oxygens (including phenoxy) is 1. The second-order valence-corrected chi connectivity index (χ2v) is 6.34. The Labute approximate surface area is 121 Å². The highest BCUT2D eigenvalue weighted by Crippen LogP contribution is 2.18. The number of carbonyl (C=O) groups is 2. The van der Waals surface area contributed by atoms with Gasteiger partial charge in [-0.3, -0.25) is 9.89 Å². The van der Waals surface area contributed by atoms with Crippen LogP contribution in [0, 0.1) is 5.92 Å². The summed E-state index contributed by atoms with van der Waals surface area (Å²) in [6, 6.07) is 0. The summed E-state index contributed by atoms with van der Waals surface area (Å²) in [7, 11) is -2.84. The number of carbonyl (C=O) groups excluding carboxylic acids is 1. The number of hydrogen-bond donors (Lipinski definition) is 2. The number of aliphatic carboxylic acids is 1. The molecule has 0 amide bonds. The molecule has 10 heteroatoms. The minimum Gasteiger partial charge on any atom is -0.481 e. The van der Waals surface area contributed by atoms with Crippen molar-refractivity contribution >= 4 is 22.0 Å². The molecule has 1 heterocycles. The number of aromatic amines is 1. The zero-order valence-corrected chi connectivity index (χ0v) is 12.7. The first-order chi connectivity index (χ1) is 9.71. The lowest BCUT2D eigenvalue weighted by atomic mass is 10.2. The third-order valence-corrected chi connectivity index (χ3v) is 4.52. The van der Waals surface area contributed by atoms with Crippen LogP contribution in [0.1, 0.15) is 24.2 Å². The van der Waals surface area contributed by atoms with E-state index in [2.05, 4.69) is 10.2 Å². The van der Waals surface area contributed by atoms with Gasteiger partial charge in [-0.05, 0) is 6.92 Å². The average Bonchev–Trinajstić information content (AvgIpc) is 2.88. The van der Waals surface area contributed by atoms with Crippen LogP contribution >= 0.6 is 0 Å². The Balaban J connectivity index is 3.06. The van der Waals surface area contributed by atoms with Crippen molar-refractivity contribution in [2.75, 3.05) is 20.2 Å². The molecule has 118 valence electrons. The summed E-state index contributed by atoms with van der Waals surface area (Å²) in [6.45, 7) is 2.83. The molecule has 0 saturated heterocycles. The molecule has 0 aliphatic rings. The second-order valence-electron chi connectivity index (χ2n) is 4.36. The summed E-state index contributed by atoms with van der Waals surface area (Å²) in [5.41, 5.74) is -0.216. The smallest absolute Gasteiger partial charge is 0.342 e. The average molecular weight is 319 g/mol. The van der Waals surface area contributed by atoms with Gasteiger partial charge in [0.25, 0.3) is 10.0 Å². The molecule has 0 fully saturated rings. The van der Waals surface area contributed by atoms with Crippen molar-refractivity contribution in [3.63, 3.8) is 0 Å². The summed E-state index contributed by atoms with van der Waals surface area (Å²) < 4.78 is 30.3. The SMILES string of the molecule is CCOC(=O)c1cn[nH]c1S(=O)(=O)N(C)CC(C)C(=O)O. The molecule has 21 heavy (non-hydrogen) atoms. The van der Waals surface area contributed by atoms with Crippen LogP contribution in [-0.2, 0) is 19.6 Å². The Bertz CT molecular complexity index is 624. The van der Waals surface area contributed by atoms with Crippen molar-refractivity contribution in [2.24, 2.45) is 5.92 Å². The molecule has 2 N–H and O–H groups in total. The number of nitrogens with zero attached hydrogens (tertiary/aromatic N) is 2. The van der Waals surface area contributed by atoms with Gasteiger partial charge in [0.1, 0.15) is 5.56 Å². The van der Waals surface area contributed by atoms with Crippen LogP contribution in [-0.4, -0.2) is 60.2 Å². The van der Waals surface area contributed by atoms with Gasteiger partial charge in [0.2, 0.25) is 0 Å². The Kier molecular flexibility index (Phi) is 5.44. The highest BCUT2D eigenvalue weighted by molar-refractivity contribution is 7.89. The third kappa shape index (κ3) is 3.79. The normalized spacial score (nSPS) is 13.1. The predicted molar refractivity (Wildman–Crippen MR) is 71.2 cm³/mol. The van der Waals surface area contributed by atoms with Gasteiger partial charge in [0.05, 0.1) is 18.7 Å². The van der Waals surface area contributed by atoms with E-state index in [1.54, 1.807) is 6.92 Å². The Morgan fingerprint density at radius 1 is 1.52 bits per heavy atom. The van der Waals surface area contributed by atoms with E-state index in [1.165, 1.54) is 14.0 Å². The first-order valence-electron chi connectivity index (χ1n) is 6.11. The number of H-pyrrole nitrogens is 1. The number of nitrogens with one attached hydrogen (secondary N) is 1. The summed E-state index contributed by atoms with van der Waals surface area (Å²) in [5, 5.41) is 14.2. The van der Waals surface area contributed by atoms with E-state index in [1.807, 2.05) is 0 Å². The lowest BCUT2D eigenvalue weighted by molar-refractivity contribution is -0.141. The Hall–Kier alpha value is -1.94. The fourth-order valence-corrected chi connectivity index (χ4v) is 2.86. The molecule has 0 radical (unpaired) electrons. The van der Waals surface area contributed by atoms with E-state index in [-0.39, 0.29) is 18.7 Å². The van der Waals surface area contributed by atoms with Crippen LogP contribution < -0.4 is 0 Å². The fraction of sp³-hybridized carbons (Fsp3) is 0.545. The number of rotatable bonds is 7. The van der Waals surface area contributed by atoms with Crippen molar-refractivity contribution < 1.29 is 27.9 Å². The maximum atomic E-state index is 12.3. The van der Waals surface area contributed by atoms with Gasteiger partial charge in [-0.2, -0.15) is 9.40 Å². The summed E-state index contributed by atoms with van der Waals surface area (Å²) >= 11 is 0. The quantitative estimate of drug-likeness (QED) is 0.673. The van der Waals surface area contributed by atoms with Gasteiger partial charge < -0.3 is 9.84 Å². The van der Waals surface area contributed by atoms with E-state index < -0.39 is 32.9 Å². The van der Waals surface area contributed by atoms with Crippen molar-refractivity contribution in [1.82, 2.24) is 14.5 Å². The topological polar surface area (TPSA) is 130 Å². The molecule has 1 unspecified atom stereocenters. The third-order valence-electron chi connectivity index (χ3n) is 2.72. The van der Waals surface area contributed by atoms with Gasteiger partial charge in [0, 0.05) is 13.6 Å². The molecule has 9 nitrogen and oxygen atoms in total. The second kappa shape index (κ2) is 6.68. The standard InChI is InChI=1S/C11H17N3O6S/c1-4-20-11(17)8-5-12-13-9(8)21(18,19)14(3)6-7(2)10(15)16/h5,7H,4,6H2,1-3H3,(H,12,13)(H,15,16).